The van der Waals surface area contributed by atoms with Crippen LogP contribution in [0, 0.1) is 5.82 Å². The third-order valence-corrected chi connectivity index (χ3v) is 3.67. The van der Waals surface area contributed by atoms with Crippen molar-refractivity contribution in [2.45, 2.75) is 26.0 Å². The van der Waals surface area contributed by atoms with E-state index in [-0.39, 0.29) is 5.82 Å². The van der Waals surface area contributed by atoms with Crippen LogP contribution >= 0.6 is 0 Å². The fourth-order valence-corrected chi connectivity index (χ4v) is 2.74. The van der Waals surface area contributed by atoms with Crippen LogP contribution in [-0.4, -0.2) is 27.2 Å². The Morgan fingerprint density at radius 3 is 2.54 bits per heavy atom. The van der Waals surface area contributed by atoms with Crippen LogP contribution in [0.5, 0.6) is 0 Å². The predicted molar refractivity (Wildman–Crippen MR) is 93.3 cm³/mol. The first-order chi connectivity index (χ1) is 11.4. The second kappa shape index (κ2) is 6.53. The van der Waals surface area contributed by atoms with Crippen LogP contribution in [0.1, 0.15) is 19.4 Å². The molecule has 2 aromatic carbocycles. The summed E-state index contributed by atoms with van der Waals surface area (Å²) in [6.45, 7) is 4.42. The summed E-state index contributed by atoms with van der Waals surface area (Å²) in [5.41, 5.74) is 0.847. The molecule has 124 valence electrons. The van der Waals surface area contributed by atoms with Crippen molar-refractivity contribution < 1.29 is 9.50 Å². The number of hydrogen-bond acceptors (Lipinski definition) is 4. The maximum Gasteiger partial charge on any atom is 0.140 e. The number of hydrogen-bond donors (Lipinski definition) is 1. The summed E-state index contributed by atoms with van der Waals surface area (Å²) in [4.78, 5) is 10.5. The van der Waals surface area contributed by atoms with Gasteiger partial charge >= 0.3 is 0 Å². The summed E-state index contributed by atoms with van der Waals surface area (Å²) in [6.07, 6.45) is 1.47. The number of aromatic nitrogens is 2. The van der Waals surface area contributed by atoms with E-state index in [1.54, 1.807) is 19.9 Å². The van der Waals surface area contributed by atoms with Gasteiger partial charge in [-0.05, 0) is 37.6 Å². The zero-order valence-electron chi connectivity index (χ0n) is 13.8. The molecule has 3 aromatic rings. The van der Waals surface area contributed by atoms with E-state index in [9.17, 15) is 9.50 Å². The SMILES string of the molecule is CC(C)(O)CN(Cc1ccccc1)c1ncnc2ccc(F)cc12. The normalized spacial score (nSPS) is 11.7. The topological polar surface area (TPSA) is 49.2 Å². The van der Waals surface area contributed by atoms with Crippen LogP contribution in [0.2, 0.25) is 0 Å². The summed E-state index contributed by atoms with van der Waals surface area (Å²) in [6, 6.07) is 14.4. The van der Waals surface area contributed by atoms with Gasteiger partial charge in [-0.1, -0.05) is 30.3 Å². The number of benzene rings is 2. The molecule has 0 saturated carbocycles. The van der Waals surface area contributed by atoms with Gasteiger partial charge in [0.2, 0.25) is 0 Å². The van der Waals surface area contributed by atoms with E-state index in [0.717, 1.165) is 5.56 Å². The highest BCUT2D eigenvalue weighted by molar-refractivity contribution is 5.89. The first-order valence-electron chi connectivity index (χ1n) is 7.84. The van der Waals surface area contributed by atoms with E-state index < -0.39 is 5.60 Å². The molecule has 0 spiro atoms. The minimum atomic E-state index is -0.917. The van der Waals surface area contributed by atoms with Crippen molar-refractivity contribution in [1.82, 2.24) is 9.97 Å². The molecule has 0 aliphatic heterocycles. The maximum absolute atomic E-state index is 13.7. The van der Waals surface area contributed by atoms with Crippen molar-refractivity contribution in [3.05, 3.63) is 66.2 Å². The smallest absolute Gasteiger partial charge is 0.140 e. The lowest BCUT2D eigenvalue weighted by Crippen LogP contribution is -2.39. The lowest BCUT2D eigenvalue weighted by Gasteiger charge is -2.30. The number of halogens is 1. The molecule has 3 rings (SSSR count). The molecule has 1 aromatic heterocycles. The van der Waals surface area contributed by atoms with Gasteiger partial charge in [0, 0.05) is 18.5 Å². The summed E-state index contributed by atoms with van der Waals surface area (Å²) in [5.74, 6) is 0.284. The molecule has 0 fully saturated rings. The van der Waals surface area contributed by atoms with E-state index in [4.69, 9.17) is 0 Å². The zero-order valence-corrected chi connectivity index (χ0v) is 13.8. The van der Waals surface area contributed by atoms with E-state index >= 15 is 0 Å². The molecule has 24 heavy (non-hydrogen) atoms. The largest absolute Gasteiger partial charge is 0.389 e. The molecule has 0 saturated heterocycles. The average Bonchev–Trinajstić information content (AvgIpc) is 2.53. The van der Waals surface area contributed by atoms with Crippen LogP contribution in [0.3, 0.4) is 0 Å². The van der Waals surface area contributed by atoms with Crippen molar-refractivity contribution in [2.24, 2.45) is 0 Å². The number of aliphatic hydroxyl groups is 1. The zero-order chi connectivity index (χ0) is 17.2. The molecule has 4 nitrogen and oxygen atoms in total. The molecular formula is C19H20FN3O. The van der Waals surface area contributed by atoms with Crippen molar-refractivity contribution in [3.8, 4) is 0 Å². The van der Waals surface area contributed by atoms with Gasteiger partial charge in [0.1, 0.15) is 18.0 Å². The quantitative estimate of drug-likeness (QED) is 0.779. The van der Waals surface area contributed by atoms with Crippen LogP contribution in [0.4, 0.5) is 10.2 Å². The second-order valence-electron chi connectivity index (χ2n) is 6.51. The predicted octanol–water partition coefficient (Wildman–Crippen LogP) is 3.55. The lowest BCUT2D eigenvalue weighted by molar-refractivity contribution is 0.0869. The maximum atomic E-state index is 13.7. The van der Waals surface area contributed by atoms with Crippen LogP contribution in [-0.2, 0) is 6.54 Å². The Bertz CT molecular complexity index is 831. The summed E-state index contributed by atoms with van der Waals surface area (Å²) < 4.78 is 13.7. The molecule has 0 unspecified atom stereocenters. The van der Waals surface area contributed by atoms with Crippen LogP contribution in [0.15, 0.2) is 54.9 Å². The molecule has 0 radical (unpaired) electrons. The molecule has 0 aliphatic rings. The molecule has 5 heteroatoms. The molecule has 1 heterocycles. The number of fused-ring (bicyclic) bond motifs is 1. The number of anilines is 1. The van der Waals surface area contributed by atoms with Crippen molar-refractivity contribution in [3.63, 3.8) is 0 Å². The summed E-state index contributed by atoms with van der Waals surface area (Å²) >= 11 is 0. The highest BCUT2D eigenvalue weighted by Gasteiger charge is 2.21. The Hall–Kier alpha value is -2.53. The number of rotatable bonds is 5. The van der Waals surface area contributed by atoms with E-state index in [1.165, 1.54) is 18.5 Å². The highest BCUT2D eigenvalue weighted by Crippen LogP contribution is 2.26. The van der Waals surface area contributed by atoms with Crippen molar-refractivity contribution in [2.75, 3.05) is 11.4 Å². The fraction of sp³-hybridized carbons (Fsp3) is 0.263. The van der Waals surface area contributed by atoms with Crippen LogP contribution < -0.4 is 4.90 Å². The van der Waals surface area contributed by atoms with E-state index in [2.05, 4.69) is 9.97 Å². The average molecular weight is 325 g/mol. The Balaban J connectivity index is 2.06. The first kappa shape index (κ1) is 16.3. The Labute approximate surface area is 140 Å². The van der Waals surface area contributed by atoms with Gasteiger partial charge in [-0.25, -0.2) is 14.4 Å². The van der Waals surface area contributed by atoms with Gasteiger partial charge in [0.15, 0.2) is 0 Å². The van der Waals surface area contributed by atoms with Gasteiger partial charge in [-0.2, -0.15) is 0 Å². The molecular weight excluding hydrogens is 305 g/mol. The van der Waals surface area contributed by atoms with Gasteiger partial charge in [-0.15, -0.1) is 0 Å². The third kappa shape index (κ3) is 3.86. The first-order valence-corrected chi connectivity index (χ1v) is 7.84. The third-order valence-electron chi connectivity index (χ3n) is 3.67. The molecule has 0 aliphatic carbocycles. The molecule has 1 N–H and O–H groups in total. The summed E-state index contributed by atoms with van der Waals surface area (Å²) in [5, 5.41) is 10.9. The Morgan fingerprint density at radius 2 is 1.83 bits per heavy atom. The Morgan fingerprint density at radius 1 is 1.08 bits per heavy atom. The van der Waals surface area contributed by atoms with Gasteiger partial charge < -0.3 is 10.0 Å². The monoisotopic (exact) mass is 325 g/mol. The second-order valence-corrected chi connectivity index (χ2v) is 6.51. The van der Waals surface area contributed by atoms with Crippen molar-refractivity contribution >= 4 is 16.7 Å². The minimum absolute atomic E-state index is 0.332. The van der Waals surface area contributed by atoms with E-state index in [1.807, 2.05) is 35.2 Å². The molecule has 0 bridgehead atoms. The standard InChI is InChI=1S/C19H20FN3O/c1-19(2,24)12-23(11-14-6-4-3-5-7-14)18-16-10-15(20)8-9-17(16)21-13-22-18/h3-10,13,24H,11-12H2,1-2H3. The Kier molecular flexibility index (Phi) is 4.44. The summed E-state index contributed by atoms with van der Waals surface area (Å²) in [7, 11) is 0. The van der Waals surface area contributed by atoms with Crippen LogP contribution in [0.25, 0.3) is 10.9 Å². The fourth-order valence-electron chi connectivity index (χ4n) is 2.74. The van der Waals surface area contributed by atoms with Gasteiger partial charge in [0.25, 0.3) is 0 Å². The minimum Gasteiger partial charge on any atom is -0.389 e. The van der Waals surface area contributed by atoms with E-state index in [0.29, 0.717) is 29.8 Å². The lowest BCUT2D eigenvalue weighted by atomic mass is 10.1. The number of nitrogens with zero attached hydrogens (tertiary/aromatic N) is 3. The molecule has 0 amide bonds. The molecule has 0 atom stereocenters. The van der Waals surface area contributed by atoms with Gasteiger partial charge in [0.05, 0.1) is 11.1 Å². The highest BCUT2D eigenvalue weighted by atomic mass is 19.1. The van der Waals surface area contributed by atoms with Gasteiger partial charge in [-0.3, -0.25) is 0 Å². The van der Waals surface area contributed by atoms with Crippen molar-refractivity contribution in [1.29, 1.82) is 0 Å².